The number of aliphatic hydroxyl groups is 1. The quantitative estimate of drug-likeness (QED) is 0.831. The van der Waals surface area contributed by atoms with Crippen molar-refractivity contribution in [1.29, 1.82) is 0 Å². The molecule has 102 valence electrons. The fraction of sp³-hybridized carbons (Fsp3) is 0.429. The fourth-order valence-corrected chi connectivity index (χ4v) is 2.52. The van der Waals surface area contributed by atoms with E-state index in [9.17, 15) is 9.59 Å². The normalized spacial score (nSPS) is 19.2. The number of amides is 2. The third-order valence-corrected chi connectivity index (χ3v) is 3.55. The second-order valence-electron chi connectivity index (χ2n) is 4.83. The van der Waals surface area contributed by atoms with Gasteiger partial charge in [0.15, 0.2) is 0 Å². The number of carbonyl (C=O) groups is 2. The molecule has 0 aromatic heterocycles. The summed E-state index contributed by atoms with van der Waals surface area (Å²) in [6.07, 6.45) is 1.87. The van der Waals surface area contributed by atoms with Crippen LogP contribution in [0.4, 0.5) is 0 Å². The molecule has 1 aromatic carbocycles. The smallest absolute Gasteiger partial charge is 0.248 e. The largest absolute Gasteiger partial charge is 0.387 e. The van der Waals surface area contributed by atoms with E-state index >= 15 is 0 Å². The number of nitrogens with zero attached hydrogens (tertiary/aromatic N) is 1. The van der Waals surface area contributed by atoms with E-state index in [2.05, 4.69) is 0 Å². The summed E-state index contributed by atoms with van der Waals surface area (Å²) in [4.78, 5) is 24.4. The molecule has 0 aliphatic carbocycles. The molecule has 0 spiro atoms. The van der Waals surface area contributed by atoms with Crippen molar-refractivity contribution in [2.75, 3.05) is 19.7 Å². The molecule has 5 heteroatoms. The van der Waals surface area contributed by atoms with E-state index in [0.717, 1.165) is 18.4 Å². The third kappa shape index (κ3) is 3.12. The van der Waals surface area contributed by atoms with Crippen molar-refractivity contribution < 1.29 is 14.7 Å². The first-order valence-electron chi connectivity index (χ1n) is 6.40. The Morgan fingerprint density at radius 2 is 2.21 bits per heavy atom. The van der Waals surface area contributed by atoms with E-state index in [4.69, 9.17) is 10.8 Å². The molecule has 0 bridgehead atoms. The Morgan fingerprint density at radius 3 is 2.89 bits per heavy atom. The van der Waals surface area contributed by atoms with Crippen LogP contribution >= 0.6 is 0 Å². The van der Waals surface area contributed by atoms with Crippen LogP contribution in [0.3, 0.4) is 0 Å². The summed E-state index contributed by atoms with van der Waals surface area (Å²) in [6, 6.07) is 7.23. The number of nitrogens with two attached hydrogens (primary N) is 1. The number of hydrogen-bond donors (Lipinski definition) is 2. The van der Waals surface area contributed by atoms with Crippen LogP contribution in [0.1, 0.15) is 34.7 Å². The Kier molecular flexibility index (Phi) is 4.16. The topological polar surface area (TPSA) is 83.6 Å². The Labute approximate surface area is 112 Å². The SMILES string of the molecule is NC(=O)c1cccc([C@H]2CCCN(C(=O)CO)C2)c1. The van der Waals surface area contributed by atoms with Gasteiger partial charge in [-0.1, -0.05) is 12.1 Å². The summed E-state index contributed by atoms with van der Waals surface area (Å²) in [6.45, 7) is 0.820. The van der Waals surface area contributed by atoms with Crippen molar-refractivity contribution in [2.24, 2.45) is 5.73 Å². The minimum absolute atomic E-state index is 0.198. The monoisotopic (exact) mass is 262 g/mol. The lowest BCUT2D eigenvalue weighted by Crippen LogP contribution is -2.40. The number of rotatable bonds is 3. The minimum atomic E-state index is -0.450. The maximum absolute atomic E-state index is 11.5. The zero-order valence-electron chi connectivity index (χ0n) is 10.7. The number of hydrogen-bond acceptors (Lipinski definition) is 3. The molecule has 2 rings (SSSR count). The second-order valence-corrected chi connectivity index (χ2v) is 4.83. The summed E-state index contributed by atoms with van der Waals surface area (Å²) < 4.78 is 0. The highest BCUT2D eigenvalue weighted by atomic mass is 16.3. The molecule has 2 amide bonds. The molecule has 1 fully saturated rings. The highest BCUT2D eigenvalue weighted by molar-refractivity contribution is 5.92. The standard InChI is InChI=1S/C14H18N2O3/c15-14(19)11-4-1-3-10(7-11)12-5-2-6-16(8-12)13(18)9-17/h1,3-4,7,12,17H,2,5-6,8-9H2,(H2,15,19)/t12-/m0/s1. The van der Waals surface area contributed by atoms with Crippen molar-refractivity contribution in [3.63, 3.8) is 0 Å². The molecule has 19 heavy (non-hydrogen) atoms. The van der Waals surface area contributed by atoms with Crippen LogP contribution < -0.4 is 5.73 Å². The number of piperidine rings is 1. The Morgan fingerprint density at radius 1 is 1.42 bits per heavy atom. The van der Waals surface area contributed by atoms with Gasteiger partial charge in [-0.25, -0.2) is 0 Å². The van der Waals surface area contributed by atoms with E-state index in [-0.39, 0.29) is 11.8 Å². The van der Waals surface area contributed by atoms with Crippen LogP contribution in [0.15, 0.2) is 24.3 Å². The summed E-state index contributed by atoms with van der Waals surface area (Å²) >= 11 is 0. The van der Waals surface area contributed by atoms with Gasteiger partial charge in [0.2, 0.25) is 11.8 Å². The molecule has 0 unspecified atom stereocenters. The zero-order chi connectivity index (χ0) is 13.8. The first-order valence-corrected chi connectivity index (χ1v) is 6.40. The van der Waals surface area contributed by atoms with Crippen molar-refractivity contribution in [3.05, 3.63) is 35.4 Å². The number of benzene rings is 1. The fourth-order valence-electron chi connectivity index (χ4n) is 2.52. The van der Waals surface area contributed by atoms with Crippen LogP contribution in [-0.2, 0) is 4.79 Å². The molecule has 1 atom stereocenters. The van der Waals surface area contributed by atoms with Crippen LogP contribution in [0, 0.1) is 0 Å². The minimum Gasteiger partial charge on any atom is -0.387 e. The van der Waals surface area contributed by atoms with Gasteiger partial charge in [-0.3, -0.25) is 9.59 Å². The lowest BCUT2D eigenvalue weighted by Gasteiger charge is -2.32. The zero-order valence-corrected chi connectivity index (χ0v) is 10.7. The number of aliphatic hydroxyl groups excluding tert-OH is 1. The average Bonchev–Trinajstić information content (AvgIpc) is 2.46. The van der Waals surface area contributed by atoms with Crippen molar-refractivity contribution >= 4 is 11.8 Å². The number of carbonyl (C=O) groups excluding carboxylic acids is 2. The van der Waals surface area contributed by atoms with Gasteiger partial charge in [-0.15, -0.1) is 0 Å². The molecule has 1 aromatic rings. The Hall–Kier alpha value is -1.88. The number of primary amides is 1. The van der Waals surface area contributed by atoms with Gasteiger partial charge in [-0.05, 0) is 30.5 Å². The van der Waals surface area contributed by atoms with Crippen molar-refractivity contribution in [3.8, 4) is 0 Å². The molecule has 1 heterocycles. The van der Waals surface area contributed by atoms with E-state index in [1.54, 1.807) is 17.0 Å². The highest BCUT2D eigenvalue weighted by Gasteiger charge is 2.24. The van der Waals surface area contributed by atoms with Crippen molar-refractivity contribution in [1.82, 2.24) is 4.90 Å². The van der Waals surface area contributed by atoms with E-state index in [0.29, 0.717) is 18.7 Å². The average molecular weight is 262 g/mol. The van der Waals surface area contributed by atoms with Gasteiger partial charge in [0.05, 0.1) is 0 Å². The van der Waals surface area contributed by atoms with E-state index in [1.807, 2.05) is 12.1 Å². The van der Waals surface area contributed by atoms with Gasteiger partial charge >= 0.3 is 0 Å². The first-order chi connectivity index (χ1) is 9.11. The molecule has 1 aliphatic rings. The summed E-state index contributed by atoms with van der Waals surface area (Å²) in [5.41, 5.74) is 6.78. The predicted octanol–water partition coefficient (Wildman–Crippen LogP) is 0.484. The summed E-state index contributed by atoms with van der Waals surface area (Å²) in [5.74, 6) is -0.486. The maximum Gasteiger partial charge on any atom is 0.248 e. The lowest BCUT2D eigenvalue weighted by atomic mass is 9.89. The van der Waals surface area contributed by atoms with Gasteiger partial charge in [0.1, 0.15) is 6.61 Å². The molecule has 3 N–H and O–H groups in total. The second kappa shape index (κ2) is 5.84. The van der Waals surface area contributed by atoms with Gasteiger partial charge in [0, 0.05) is 24.6 Å². The van der Waals surface area contributed by atoms with Gasteiger partial charge < -0.3 is 15.7 Å². The highest BCUT2D eigenvalue weighted by Crippen LogP contribution is 2.27. The van der Waals surface area contributed by atoms with Crippen LogP contribution in [0.25, 0.3) is 0 Å². The van der Waals surface area contributed by atoms with E-state index < -0.39 is 12.5 Å². The molecular weight excluding hydrogens is 244 g/mol. The van der Waals surface area contributed by atoms with Crippen LogP contribution in [-0.4, -0.2) is 41.5 Å². The Balaban J connectivity index is 2.15. The van der Waals surface area contributed by atoms with Gasteiger partial charge in [0.25, 0.3) is 0 Å². The van der Waals surface area contributed by atoms with Gasteiger partial charge in [-0.2, -0.15) is 0 Å². The summed E-state index contributed by atoms with van der Waals surface area (Å²) in [5, 5.41) is 8.91. The lowest BCUT2D eigenvalue weighted by molar-refractivity contribution is -0.135. The molecule has 0 radical (unpaired) electrons. The van der Waals surface area contributed by atoms with Crippen LogP contribution in [0.2, 0.25) is 0 Å². The maximum atomic E-state index is 11.5. The first kappa shape index (κ1) is 13.5. The Bertz CT molecular complexity index is 487. The molecule has 5 nitrogen and oxygen atoms in total. The molecule has 1 saturated heterocycles. The van der Waals surface area contributed by atoms with Crippen LogP contribution in [0.5, 0.6) is 0 Å². The summed E-state index contributed by atoms with van der Waals surface area (Å²) in [7, 11) is 0. The third-order valence-electron chi connectivity index (χ3n) is 3.55. The predicted molar refractivity (Wildman–Crippen MR) is 70.6 cm³/mol. The number of likely N-dealkylation sites (tertiary alicyclic amines) is 1. The molecule has 0 saturated carbocycles. The molecular formula is C14H18N2O3. The van der Waals surface area contributed by atoms with Crippen molar-refractivity contribution in [2.45, 2.75) is 18.8 Å². The van der Waals surface area contributed by atoms with E-state index in [1.165, 1.54) is 0 Å². The molecule has 1 aliphatic heterocycles.